The number of rotatable bonds is 32. The molecule has 0 aromatic rings. The summed E-state index contributed by atoms with van der Waals surface area (Å²) in [5.41, 5.74) is 0. The van der Waals surface area contributed by atoms with Gasteiger partial charge in [-0.25, -0.2) is 0 Å². The van der Waals surface area contributed by atoms with Crippen LogP contribution in [0, 0.1) is 0 Å². The summed E-state index contributed by atoms with van der Waals surface area (Å²) >= 11 is 0. The van der Waals surface area contributed by atoms with Gasteiger partial charge in [0.15, 0.2) is 6.10 Å². The second-order valence-electron chi connectivity index (χ2n) is 12.1. The molecule has 0 spiro atoms. The largest absolute Gasteiger partial charge is 0.462 e. The number of carbonyl (C=O) groups excluding carboxylic acids is 3. The van der Waals surface area contributed by atoms with Crippen molar-refractivity contribution >= 4 is 17.9 Å². The predicted molar refractivity (Wildman–Crippen MR) is 183 cm³/mol. The Labute approximate surface area is 271 Å². The summed E-state index contributed by atoms with van der Waals surface area (Å²) in [5.74, 6) is -0.913. The van der Waals surface area contributed by atoms with Crippen LogP contribution in [0.3, 0.4) is 0 Å². The van der Waals surface area contributed by atoms with Crippen LogP contribution in [0.5, 0.6) is 0 Å². The quantitative estimate of drug-likeness (QED) is 0.0322. The highest BCUT2D eigenvalue weighted by Gasteiger charge is 2.19. The molecule has 0 saturated heterocycles. The van der Waals surface area contributed by atoms with Crippen LogP contribution in [0.25, 0.3) is 0 Å². The van der Waals surface area contributed by atoms with Crippen LogP contribution in [0.15, 0.2) is 24.3 Å². The molecule has 0 rings (SSSR count). The van der Waals surface area contributed by atoms with Crippen LogP contribution in [0.2, 0.25) is 0 Å². The lowest BCUT2D eigenvalue weighted by molar-refractivity contribution is -0.167. The molecule has 6 heteroatoms. The highest BCUT2D eigenvalue weighted by Crippen LogP contribution is 2.12. The molecule has 0 radical (unpaired) electrons. The Morgan fingerprint density at radius 1 is 0.455 bits per heavy atom. The van der Waals surface area contributed by atoms with Crippen molar-refractivity contribution in [2.24, 2.45) is 0 Å². The Hall–Kier alpha value is -2.11. The Balaban J connectivity index is 4.31. The molecule has 1 atom stereocenters. The average molecular weight is 621 g/mol. The standard InChI is InChI=1S/C38H68O6/c1-4-7-10-13-16-17-18-19-20-21-23-25-28-31-37(40)43-34-35(33-42-36(39)30-27-24-15-12-9-6-3)44-38(41)32-29-26-22-14-11-8-5-2/h10,13,17-18,35H,4-9,11-12,14-16,19-34H2,1-3H3/b13-10-,18-17-. The van der Waals surface area contributed by atoms with Crippen LogP contribution < -0.4 is 0 Å². The first-order valence-electron chi connectivity index (χ1n) is 18.3. The normalized spacial score (nSPS) is 12.2. The molecule has 0 aliphatic carbocycles. The maximum absolute atomic E-state index is 12.5. The summed E-state index contributed by atoms with van der Waals surface area (Å²) < 4.78 is 16.4. The van der Waals surface area contributed by atoms with Crippen LogP contribution in [0.1, 0.15) is 181 Å². The summed E-state index contributed by atoms with van der Waals surface area (Å²) in [5, 5.41) is 0. The summed E-state index contributed by atoms with van der Waals surface area (Å²) in [6.07, 6.45) is 33.3. The fraction of sp³-hybridized carbons (Fsp3) is 0.816. The first-order valence-corrected chi connectivity index (χ1v) is 18.3. The molecule has 0 aliphatic rings. The van der Waals surface area contributed by atoms with Gasteiger partial charge in [0.05, 0.1) is 0 Å². The first-order chi connectivity index (χ1) is 21.5. The second-order valence-corrected chi connectivity index (χ2v) is 12.1. The minimum Gasteiger partial charge on any atom is -0.462 e. The lowest BCUT2D eigenvalue weighted by Gasteiger charge is -2.18. The van der Waals surface area contributed by atoms with Gasteiger partial charge in [0.2, 0.25) is 0 Å². The molecule has 0 fully saturated rings. The minimum absolute atomic E-state index is 0.0752. The van der Waals surface area contributed by atoms with E-state index in [4.69, 9.17) is 14.2 Å². The molecule has 6 nitrogen and oxygen atoms in total. The van der Waals surface area contributed by atoms with E-state index in [0.717, 1.165) is 83.5 Å². The molecule has 0 aliphatic heterocycles. The fourth-order valence-corrected chi connectivity index (χ4v) is 4.89. The smallest absolute Gasteiger partial charge is 0.306 e. The van der Waals surface area contributed by atoms with E-state index >= 15 is 0 Å². The summed E-state index contributed by atoms with van der Waals surface area (Å²) in [6.45, 7) is 6.42. The van der Waals surface area contributed by atoms with Crippen LogP contribution in [-0.2, 0) is 28.6 Å². The van der Waals surface area contributed by atoms with Crippen LogP contribution in [0.4, 0.5) is 0 Å². The Morgan fingerprint density at radius 3 is 1.34 bits per heavy atom. The third kappa shape index (κ3) is 31.3. The molecule has 44 heavy (non-hydrogen) atoms. The molecule has 0 amide bonds. The van der Waals surface area contributed by atoms with Gasteiger partial charge < -0.3 is 14.2 Å². The zero-order chi connectivity index (χ0) is 32.4. The van der Waals surface area contributed by atoms with Gasteiger partial charge in [-0.3, -0.25) is 14.4 Å². The van der Waals surface area contributed by atoms with Gasteiger partial charge in [-0.05, 0) is 44.9 Å². The lowest BCUT2D eigenvalue weighted by Crippen LogP contribution is -2.30. The van der Waals surface area contributed by atoms with E-state index in [2.05, 4.69) is 45.1 Å². The van der Waals surface area contributed by atoms with Crippen molar-refractivity contribution < 1.29 is 28.6 Å². The van der Waals surface area contributed by atoms with Gasteiger partial charge in [-0.1, -0.05) is 141 Å². The average Bonchev–Trinajstić information content (AvgIpc) is 3.02. The van der Waals surface area contributed by atoms with Crippen molar-refractivity contribution in [3.8, 4) is 0 Å². The van der Waals surface area contributed by atoms with E-state index in [-0.39, 0.29) is 31.1 Å². The Kier molecular flexibility index (Phi) is 32.2. The second kappa shape index (κ2) is 33.8. The number of carbonyl (C=O) groups is 3. The van der Waals surface area contributed by atoms with E-state index in [0.29, 0.717) is 19.3 Å². The highest BCUT2D eigenvalue weighted by molar-refractivity contribution is 5.71. The predicted octanol–water partition coefficient (Wildman–Crippen LogP) is 10.9. The van der Waals surface area contributed by atoms with Gasteiger partial charge in [0.25, 0.3) is 0 Å². The fourth-order valence-electron chi connectivity index (χ4n) is 4.89. The molecule has 0 heterocycles. The third-order valence-electron chi connectivity index (χ3n) is 7.69. The van der Waals surface area contributed by atoms with Crippen molar-refractivity contribution in [3.63, 3.8) is 0 Å². The Bertz CT molecular complexity index is 729. The summed E-state index contributed by atoms with van der Waals surface area (Å²) in [7, 11) is 0. The van der Waals surface area contributed by atoms with E-state index in [1.165, 1.54) is 57.8 Å². The molecular formula is C38H68O6. The van der Waals surface area contributed by atoms with Crippen molar-refractivity contribution in [1.29, 1.82) is 0 Å². The third-order valence-corrected chi connectivity index (χ3v) is 7.69. The molecular weight excluding hydrogens is 552 g/mol. The molecule has 256 valence electrons. The van der Waals surface area contributed by atoms with Gasteiger partial charge in [-0.2, -0.15) is 0 Å². The molecule has 0 saturated carbocycles. The molecule has 1 unspecified atom stereocenters. The van der Waals surface area contributed by atoms with E-state index in [1.54, 1.807) is 0 Å². The van der Waals surface area contributed by atoms with Crippen LogP contribution >= 0.6 is 0 Å². The van der Waals surface area contributed by atoms with Gasteiger partial charge in [0.1, 0.15) is 13.2 Å². The number of esters is 3. The van der Waals surface area contributed by atoms with Crippen molar-refractivity contribution in [2.75, 3.05) is 13.2 Å². The lowest BCUT2D eigenvalue weighted by atomic mass is 10.1. The molecule has 0 aromatic carbocycles. The van der Waals surface area contributed by atoms with E-state index < -0.39 is 6.10 Å². The number of ether oxygens (including phenoxy) is 3. The van der Waals surface area contributed by atoms with Gasteiger partial charge >= 0.3 is 17.9 Å². The zero-order valence-electron chi connectivity index (χ0n) is 28.9. The van der Waals surface area contributed by atoms with Crippen molar-refractivity contribution in [1.82, 2.24) is 0 Å². The summed E-state index contributed by atoms with van der Waals surface area (Å²) in [4.78, 5) is 37.1. The monoisotopic (exact) mass is 621 g/mol. The highest BCUT2D eigenvalue weighted by atomic mass is 16.6. The van der Waals surface area contributed by atoms with E-state index in [1.807, 2.05) is 0 Å². The molecule has 0 N–H and O–H groups in total. The van der Waals surface area contributed by atoms with E-state index in [9.17, 15) is 14.4 Å². The first kappa shape index (κ1) is 41.9. The number of unbranched alkanes of at least 4 members (excludes halogenated alkanes) is 17. The SMILES string of the molecule is CCC/C=C\C/C=C\CCCCCCCC(=O)OCC(COC(=O)CCCCCCCC)OC(=O)CCCCCCCCC. The van der Waals surface area contributed by atoms with Gasteiger partial charge in [-0.15, -0.1) is 0 Å². The van der Waals surface area contributed by atoms with Crippen LogP contribution in [-0.4, -0.2) is 37.2 Å². The number of hydrogen-bond acceptors (Lipinski definition) is 6. The van der Waals surface area contributed by atoms with Crippen molar-refractivity contribution in [2.45, 2.75) is 187 Å². The maximum atomic E-state index is 12.5. The summed E-state index contributed by atoms with van der Waals surface area (Å²) in [6, 6.07) is 0. The molecule has 0 aromatic heterocycles. The zero-order valence-corrected chi connectivity index (χ0v) is 28.9. The topological polar surface area (TPSA) is 78.9 Å². The Morgan fingerprint density at radius 2 is 0.864 bits per heavy atom. The van der Waals surface area contributed by atoms with Crippen molar-refractivity contribution in [3.05, 3.63) is 24.3 Å². The maximum Gasteiger partial charge on any atom is 0.306 e. The minimum atomic E-state index is -0.764. The molecule has 0 bridgehead atoms. The number of allylic oxidation sites excluding steroid dienone is 4. The van der Waals surface area contributed by atoms with Gasteiger partial charge in [0, 0.05) is 19.3 Å². The number of hydrogen-bond donors (Lipinski definition) is 0.